The van der Waals surface area contributed by atoms with E-state index in [1.165, 1.54) is 5.39 Å². The minimum Gasteiger partial charge on any atom is -0.326 e. The average molecular weight is 263 g/mol. The Morgan fingerprint density at radius 3 is 2.60 bits per heavy atom. The zero-order chi connectivity index (χ0) is 13.5. The van der Waals surface area contributed by atoms with Crippen molar-refractivity contribution in [3.8, 4) is 0 Å². The first kappa shape index (κ1) is 11.7. The lowest BCUT2D eigenvalue weighted by Gasteiger charge is -2.17. The fourth-order valence-corrected chi connectivity index (χ4v) is 3.58. The van der Waals surface area contributed by atoms with Crippen molar-refractivity contribution in [2.24, 2.45) is 17.8 Å². The first-order valence-corrected chi connectivity index (χ1v) is 7.27. The summed E-state index contributed by atoms with van der Waals surface area (Å²) in [6.45, 7) is 0. The quantitative estimate of drug-likeness (QED) is 0.815. The Morgan fingerprint density at radius 1 is 1.00 bits per heavy atom. The molecule has 0 heterocycles. The molecular formula is C18H17NO. The van der Waals surface area contributed by atoms with Gasteiger partial charge >= 0.3 is 0 Å². The summed E-state index contributed by atoms with van der Waals surface area (Å²) in [6, 6.07) is 14.3. The molecule has 2 aliphatic carbocycles. The van der Waals surface area contributed by atoms with E-state index < -0.39 is 0 Å². The number of nitrogens with one attached hydrogen (secondary N) is 1. The van der Waals surface area contributed by atoms with Gasteiger partial charge in [-0.2, -0.15) is 0 Å². The Balaban J connectivity index is 1.55. The summed E-state index contributed by atoms with van der Waals surface area (Å²) < 4.78 is 0. The van der Waals surface area contributed by atoms with Crippen LogP contribution in [-0.4, -0.2) is 5.91 Å². The van der Waals surface area contributed by atoms with Gasteiger partial charge in [-0.1, -0.05) is 42.5 Å². The minimum absolute atomic E-state index is 0.163. The van der Waals surface area contributed by atoms with Gasteiger partial charge in [0.25, 0.3) is 0 Å². The van der Waals surface area contributed by atoms with E-state index in [0.29, 0.717) is 11.8 Å². The number of anilines is 1. The lowest BCUT2D eigenvalue weighted by molar-refractivity contribution is -0.120. The van der Waals surface area contributed by atoms with Crippen molar-refractivity contribution in [3.05, 3.63) is 54.6 Å². The summed E-state index contributed by atoms with van der Waals surface area (Å²) in [6.07, 6.45) is 6.67. The third kappa shape index (κ3) is 1.92. The molecule has 2 aromatic rings. The second-order valence-corrected chi connectivity index (χ2v) is 5.94. The summed E-state index contributed by atoms with van der Waals surface area (Å²) in [5.41, 5.74) is 0.903. The maximum Gasteiger partial charge on any atom is 0.228 e. The van der Waals surface area contributed by atoms with E-state index in [1.807, 2.05) is 18.2 Å². The first-order chi connectivity index (χ1) is 9.79. The monoisotopic (exact) mass is 263 g/mol. The summed E-state index contributed by atoms with van der Waals surface area (Å²) in [5, 5.41) is 5.46. The van der Waals surface area contributed by atoms with Gasteiger partial charge in [0.1, 0.15) is 0 Å². The van der Waals surface area contributed by atoms with Gasteiger partial charge in [-0.25, -0.2) is 0 Å². The molecule has 100 valence electrons. The molecule has 2 bridgehead atoms. The van der Waals surface area contributed by atoms with Gasteiger partial charge in [-0.05, 0) is 47.6 Å². The number of carbonyl (C=O) groups excluding carboxylic acids is 1. The Morgan fingerprint density at radius 2 is 1.85 bits per heavy atom. The number of benzene rings is 2. The molecule has 1 saturated carbocycles. The zero-order valence-electron chi connectivity index (χ0n) is 11.3. The van der Waals surface area contributed by atoms with Gasteiger partial charge < -0.3 is 5.32 Å². The Bertz CT molecular complexity index is 703. The molecule has 20 heavy (non-hydrogen) atoms. The van der Waals surface area contributed by atoms with E-state index in [9.17, 15) is 4.79 Å². The average Bonchev–Trinajstić information content (AvgIpc) is 3.10. The third-order valence-corrected chi connectivity index (χ3v) is 4.63. The van der Waals surface area contributed by atoms with E-state index in [4.69, 9.17) is 0 Å². The van der Waals surface area contributed by atoms with Gasteiger partial charge in [-0.15, -0.1) is 0 Å². The van der Waals surface area contributed by atoms with Crippen LogP contribution in [0.2, 0.25) is 0 Å². The molecule has 3 atom stereocenters. The molecule has 2 aromatic carbocycles. The number of allylic oxidation sites excluding steroid dienone is 2. The molecule has 2 aliphatic rings. The lowest BCUT2D eigenvalue weighted by Crippen LogP contribution is -2.25. The molecule has 1 amide bonds. The number of amides is 1. The van der Waals surface area contributed by atoms with Crippen molar-refractivity contribution in [2.45, 2.75) is 12.8 Å². The Kier molecular flexibility index (Phi) is 2.62. The maximum atomic E-state index is 12.4. The number of rotatable bonds is 2. The lowest BCUT2D eigenvalue weighted by atomic mass is 9.93. The standard InChI is InChI=1S/C18H17NO/c20-18(17-10-12-5-6-15(17)9-12)19-16-8-7-13-3-1-2-4-14(13)11-16/h1-8,11-12,15,17H,9-10H2,(H,19,20). The van der Waals surface area contributed by atoms with E-state index in [0.717, 1.165) is 23.9 Å². The van der Waals surface area contributed by atoms with Crippen molar-refractivity contribution in [1.29, 1.82) is 0 Å². The van der Waals surface area contributed by atoms with Crippen molar-refractivity contribution in [1.82, 2.24) is 0 Å². The molecule has 0 spiro atoms. The molecule has 2 nitrogen and oxygen atoms in total. The zero-order valence-corrected chi connectivity index (χ0v) is 11.3. The van der Waals surface area contributed by atoms with Crippen LogP contribution in [0.5, 0.6) is 0 Å². The molecule has 2 heteroatoms. The molecule has 0 aliphatic heterocycles. The molecule has 1 fully saturated rings. The third-order valence-electron chi connectivity index (χ3n) is 4.63. The number of carbonyl (C=O) groups is 1. The maximum absolute atomic E-state index is 12.4. The second-order valence-electron chi connectivity index (χ2n) is 5.94. The van der Waals surface area contributed by atoms with E-state index in [1.54, 1.807) is 0 Å². The Labute approximate surface area is 118 Å². The highest BCUT2D eigenvalue weighted by atomic mass is 16.1. The number of hydrogen-bond acceptors (Lipinski definition) is 1. The van der Waals surface area contributed by atoms with Crippen molar-refractivity contribution >= 4 is 22.4 Å². The van der Waals surface area contributed by atoms with E-state index >= 15 is 0 Å². The number of hydrogen-bond donors (Lipinski definition) is 1. The van der Waals surface area contributed by atoms with Gasteiger partial charge in [0.2, 0.25) is 5.91 Å². The first-order valence-electron chi connectivity index (χ1n) is 7.27. The second kappa shape index (κ2) is 4.48. The fourth-order valence-electron chi connectivity index (χ4n) is 3.58. The summed E-state index contributed by atoms with van der Waals surface area (Å²) in [5.74, 6) is 1.43. The van der Waals surface area contributed by atoms with Crippen molar-refractivity contribution in [2.75, 3.05) is 5.32 Å². The van der Waals surface area contributed by atoms with E-state index in [2.05, 4.69) is 41.7 Å². The molecular weight excluding hydrogens is 246 g/mol. The van der Waals surface area contributed by atoms with Crippen LogP contribution in [0.15, 0.2) is 54.6 Å². The highest BCUT2D eigenvalue weighted by Crippen LogP contribution is 2.43. The molecule has 0 radical (unpaired) electrons. The highest BCUT2D eigenvalue weighted by Gasteiger charge is 2.39. The molecule has 4 rings (SSSR count). The van der Waals surface area contributed by atoms with Crippen molar-refractivity contribution in [3.63, 3.8) is 0 Å². The normalized spacial score (nSPS) is 27.1. The van der Waals surface area contributed by atoms with Crippen LogP contribution >= 0.6 is 0 Å². The van der Waals surface area contributed by atoms with Crippen LogP contribution in [0.1, 0.15) is 12.8 Å². The van der Waals surface area contributed by atoms with Crippen LogP contribution in [0.4, 0.5) is 5.69 Å². The molecule has 3 unspecified atom stereocenters. The smallest absolute Gasteiger partial charge is 0.228 e. The van der Waals surface area contributed by atoms with E-state index in [-0.39, 0.29) is 11.8 Å². The Hall–Kier alpha value is -2.09. The minimum atomic E-state index is 0.163. The molecule has 1 N–H and O–H groups in total. The molecule has 0 aromatic heterocycles. The van der Waals surface area contributed by atoms with Crippen molar-refractivity contribution < 1.29 is 4.79 Å². The topological polar surface area (TPSA) is 29.1 Å². The van der Waals surface area contributed by atoms with Crippen LogP contribution in [-0.2, 0) is 4.79 Å². The van der Waals surface area contributed by atoms with Crippen LogP contribution < -0.4 is 5.32 Å². The predicted molar refractivity (Wildman–Crippen MR) is 81.4 cm³/mol. The van der Waals surface area contributed by atoms with Gasteiger partial charge in [-0.3, -0.25) is 4.79 Å². The van der Waals surface area contributed by atoms with Crippen LogP contribution in [0, 0.1) is 17.8 Å². The van der Waals surface area contributed by atoms with Crippen LogP contribution in [0.3, 0.4) is 0 Å². The molecule has 0 saturated heterocycles. The summed E-state index contributed by atoms with van der Waals surface area (Å²) in [4.78, 5) is 12.4. The summed E-state index contributed by atoms with van der Waals surface area (Å²) in [7, 11) is 0. The van der Waals surface area contributed by atoms with Gasteiger partial charge in [0.05, 0.1) is 0 Å². The number of fused-ring (bicyclic) bond motifs is 3. The largest absolute Gasteiger partial charge is 0.326 e. The highest BCUT2D eigenvalue weighted by molar-refractivity contribution is 5.96. The SMILES string of the molecule is O=C(Nc1ccc2ccccc2c1)C1CC2C=CC1C2. The van der Waals surface area contributed by atoms with Crippen LogP contribution in [0.25, 0.3) is 10.8 Å². The van der Waals surface area contributed by atoms with Gasteiger partial charge in [0, 0.05) is 11.6 Å². The fraction of sp³-hybridized carbons (Fsp3) is 0.278. The predicted octanol–water partition coefficient (Wildman–Crippen LogP) is 3.99. The van der Waals surface area contributed by atoms with Gasteiger partial charge in [0.15, 0.2) is 0 Å². The summed E-state index contributed by atoms with van der Waals surface area (Å²) >= 11 is 0.